The van der Waals surface area contributed by atoms with E-state index in [-0.39, 0.29) is 17.4 Å². The van der Waals surface area contributed by atoms with Crippen LogP contribution in [0.2, 0.25) is 0 Å². The molecular weight excluding hydrogens is 214 g/mol. The van der Waals surface area contributed by atoms with E-state index >= 15 is 0 Å². The average Bonchev–Trinajstić information content (AvgIpc) is 3.13. The molecular formula is C13H21N3O. The number of likely N-dealkylation sites (tertiary alicyclic amines) is 1. The Bertz CT molecular complexity index is 335. The Morgan fingerprint density at radius 3 is 2.53 bits per heavy atom. The molecule has 1 saturated heterocycles. The van der Waals surface area contributed by atoms with Crippen LogP contribution in [0.25, 0.3) is 0 Å². The summed E-state index contributed by atoms with van der Waals surface area (Å²) in [5.74, 6) is 0.146. The monoisotopic (exact) mass is 235 g/mol. The van der Waals surface area contributed by atoms with Crippen molar-refractivity contribution >= 4 is 5.91 Å². The molecule has 0 radical (unpaired) electrons. The lowest BCUT2D eigenvalue weighted by molar-refractivity contribution is -0.126. The number of nitriles is 1. The second-order valence-electron chi connectivity index (χ2n) is 5.67. The van der Waals surface area contributed by atoms with Crippen LogP contribution < -0.4 is 5.32 Å². The van der Waals surface area contributed by atoms with Gasteiger partial charge in [-0.05, 0) is 39.5 Å². The third-order valence-corrected chi connectivity index (χ3v) is 4.02. The van der Waals surface area contributed by atoms with Crippen molar-refractivity contribution < 1.29 is 4.79 Å². The average molecular weight is 235 g/mol. The minimum absolute atomic E-state index is 0.0566. The van der Waals surface area contributed by atoms with E-state index in [4.69, 9.17) is 5.26 Å². The van der Waals surface area contributed by atoms with E-state index in [0.29, 0.717) is 6.04 Å². The topological polar surface area (TPSA) is 56.1 Å². The van der Waals surface area contributed by atoms with Gasteiger partial charge in [-0.25, -0.2) is 0 Å². The number of piperidine rings is 1. The molecule has 2 fully saturated rings. The molecule has 1 aliphatic carbocycles. The number of carbonyl (C=O) groups excluding carboxylic acids is 1. The van der Waals surface area contributed by atoms with Crippen LogP contribution in [-0.4, -0.2) is 36.0 Å². The molecule has 1 aliphatic heterocycles. The van der Waals surface area contributed by atoms with Crippen molar-refractivity contribution in [2.45, 2.75) is 51.6 Å². The third-order valence-electron chi connectivity index (χ3n) is 4.02. The van der Waals surface area contributed by atoms with Crippen LogP contribution >= 0.6 is 0 Å². The van der Waals surface area contributed by atoms with E-state index < -0.39 is 0 Å². The van der Waals surface area contributed by atoms with Crippen molar-refractivity contribution in [2.75, 3.05) is 13.1 Å². The summed E-state index contributed by atoms with van der Waals surface area (Å²) in [5, 5.41) is 12.1. The molecule has 0 aromatic carbocycles. The molecule has 1 N–H and O–H groups in total. The summed E-state index contributed by atoms with van der Waals surface area (Å²) in [5.41, 5.74) is -0.191. The lowest BCUT2D eigenvalue weighted by Crippen LogP contribution is -2.50. The van der Waals surface area contributed by atoms with Crippen molar-refractivity contribution in [3.63, 3.8) is 0 Å². The molecule has 1 atom stereocenters. The molecule has 17 heavy (non-hydrogen) atoms. The molecule has 4 nitrogen and oxygen atoms in total. The fraction of sp³-hybridized carbons (Fsp3) is 0.846. The minimum atomic E-state index is -0.191. The molecule has 2 rings (SSSR count). The SMILES string of the molecule is CC(C(=O)NC1CC1)N1CCC(C)(C#N)CC1. The Kier molecular flexibility index (Phi) is 3.39. The van der Waals surface area contributed by atoms with E-state index in [1.807, 2.05) is 13.8 Å². The van der Waals surface area contributed by atoms with Crippen LogP contribution in [0.3, 0.4) is 0 Å². The van der Waals surface area contributed by atoms with Crippen LogP contribution in [0.5, 0.6) is 0 Å². The number of amides is 1. The lowest BCUT2D eigenvalue weighted by atomic mass is 9.81. The maximum absolute atomic E-state index is 11.9. The standard InChI is InChI=1S/C13H21N3O/c1-10(12(17)15-11-3-4-11)16-7-5-13(2,9-14)6-8-16/h10-11H,3-8H2,1-2H3,(H,15,17). The first-order valence-electron chi connectivity index (χ1n) is 6.50. The lowest BCUT2D eigenvalue weighted by Gasteiger charge is -2.37. The summed E-state index contributed by atoms with van der Waals surface area (Å²) >= 11 is 0. The first kappa shape index (κ1) is 12.4. The van der Waals surface area contributed by atoms with Gasteiger partial charge in [0, 0.05) is 19.1 Å². The maximum atomic E-state index is 11.9. The zero-order chi connectivity index (χ0) is 12.5. The Morgan fingerprint density at radius 1 is 1.47 bits per heavy atom. The van der Waals surface area contributed by atoms with Gasteiger partial charge in [0.1, 0.15) is 0 Å². The van der Waals surface area contributed by atoms with Gasteiger partial charge in [-0.15, -0.1) is 0 Å². The summed E-state index contributed by atoms with van der Waals surface area (Å²) in [4.78, 5) is 14.1. The van der Waals surface area contributed by atoms with Gasteiger partial charge in [0.15, 0.2) is 0 Å². The van der Waals surface area contributed by atoms with Gasteiger partial charge in [-0.2, -0.15) is 5.26 Å². The molecule has 2 aliphatic rings. The van der Waals surface area contributed by atoms with E-state index in [0.717, 1.165) is 38.8 Å². The van der Waals surface area contributed by atoms with Crippen LogP contribution in [-0.2, 0) is 4.79 Å². The molecule has 1 amide bonds. The van der Waals surface area contributed by atoms with Crippen molar-refractivity contribution in [3.8, 4) is 6.07 Å². The van der Waals surface area contributed by atoms with E-state index in [1.165, 1.54) is 0 Å². The van der Waals surface area contributed by atoms with Crippen molar-refractivity contribution in [1.82, 2.24) is 10.2 Å². The molecule has 1 unspecified atom stereocenters. The van der Waals surface area contributed by atoms with Gasteiger partial charge in [-0.3, -0.25) is 9.69 Å². The van der Waals surface area contributed by atoms with Gasteiger partial charge in [0.2, 0.25) is 5.91 Å². The number of nitrogens with one attached hydrogen (secondary N) is 1. The van der Waals surface area contributed by atoms with E-state index in [2.05, 4.69) is 16.3 Å². The molecule has 94 valence electrons. The predicted octanol–water partition coefficient (Wildman–Crippen LogP) is 1.28. The first-order chi connectivity index (χ1) is 8.04. The highest BCUT2D eigenvalue weighted by Gasteiger charge is 2.34. The van der Waals surface area contributed by atoms with E-state index in [9.17, 15) is 4.79 Å². The number of rotatable bonds is 3. The molecule has 4 heteroatoms. The molecule has 1 heterocycles. The molecule has 0 bridgehead atoms. The summed E-state index contributed by atoms with van der Waals surface area (Å²) in [6, 6.07) is 2.76. The van der Waals surface area contributed by atoms with Crippen LogP contribution in [0.4, 0.5) is 0 Å². The Hall–Kier alpha value is -1.08. The summed E-state index contributed by atoms with van der Waals surface area (Å²) in [6.45, 7) is 5.68. The van der Waals surface area contributed by atoms with E-state index in [1.54, 1.807) is 0 Å². The highest BCUT2D eigenvalue weighted by atomic mass is 16.2. The number of nitrogens with zero attached hydrogens (tertiary/aromatic N) is 2. The molecule has 0 spiro atoms. The zero-order valence-electron chi connectivity index (χ0n) is 10.7. The highest BCUT2D eigenvalue weighted by Crippen LogP contribution is 2.30. The number of hydrogen-bond donors (Lipinski definition) is 1. The van der Waals surface area contributed by atoms with Gasteiger partial charge >= 0.3 is 0 Å². The number of carbonyl (C=O) groups is 1. The number of hydrogen-bond acceptors (Lipinski definition) is 3. The van der Waals surface area contributed by atoms with Gasteiger partial charge in [0.25, 0.3) is 0 Å². The molecule has 1 saturated carbocycles. The smallest absolute Gasteiger partial charge is 0.237 e. The second kappa shape index (κ2) is 4.66. The predicted molar refractivity (Wildman–Crippen MR) is 65.2 cm³/mol. The fourth-order valence-electron chi connectivity index (χ4n) is 2.23. The first-order valence-corrected chi connectivity index (χ1v) is 6.50. The Morgan fingerprint density at radius 2 is 2.06 bits per heavy atom. The highest BCUT2D eigenvalue weighted by molar-refractivity contribution is 5.81. The second-order valence-corrected chi connectivity index (χ2v) is 5.67. The Labute approximate surface area is 103 Å². The van der Waals surface area contributed by atoms with Crippen molar-refractivity contribution in [3.05, 3.63) is 0 Å². The van der Waals surface area contributed by atoms with Crippen molar-refractivity contribution in [2.24, 2.45) is 5.41 Å². The van der Waals surface area contributed by atoms with Crippen LogP contribution in [0, 0.1) is 16.7 Å². The van der Waals surface area contributed by atoms with Crippen LogP contribution in [0.1, 0.15) is 39.5 Å². The molecule has 0 aromatic rings. The van der Waals surface area contributed by atoms with Gasteiger partial charge in [0.05, 0.1) is 17.5 Å². The third kappa shape index (κ3) is 2.98. The quantitative estimate of drug-likeness (QED) is 0.801. The fourth-order valence-corrected chi connectivity index (χ4v) is 2.23. The van der Waals surface area contributed by atoms with Gasteiger partial charge in [-0.1, -0.05) is 0 Å². The summed E-state index contributed by atoms with van der Waals surface area (Å²) < 4.78 is 0. The molecule has 0 aromatic heterocycles. The maximum Gasteiger partial charge on any atom is 0.237 e. The zero-order valence-corrected chi connectivity index (χ0v) is 10.7. The Balaban J connectivity index is 1.83. The normalized spacial score (nSPS) is 25.9. The van der Waals surface area contributed by atoms with Crippen molar-refractivity contribution in [1.29, 1.82) is 5.26 Å². The van der Waals surface area contributed by atoms with Crippen LogP contribution in [0.15, 0.2) is 0 Å². The minimum Gasteiger partial charge on any atom is -0.352 e. The van der Waals surface area contributed by atoms with Gasteiger partial charge < -0.3 is 5.32 Å². The largest absolute Gasteiger partial charge is 0.352 e. The summed E-state index contributed by atoms with van der Waals surface area (Å²) in [7, 11) is 0. The summed E-state index contributed by atoms with van der Waals surface area (Å²) in [6.07, 6.45) is 3.99.